The molecule has 6 heteroatoms. The van der Waals surface area contributed by atoms with E-state index in [0.717, 1.165) is 17.1 Å². The lowest BCUT2D eigenvalue weighted by atomic mass is 10.2. The van der Waals surface area contributed by atoms with Crippen molar-refractivity contribution < 1.29 is 19.0 Å². The summed E-state index contributed by atoms with van der Waals surface area (Å²) in [7, 11) is 1.90. The van der Waals surface area contributed by atoms with Crippen molar-refractivity contribution in [2.24, 2.45) is 0 Å². The zero-order valence-corrected chi connectivity index (χ0v) is 14.5. The molecule has 2 aromatic rings. The van der Waals surface area contributed by atoms with Gasteiger partial charge in [-0.1, -0.05) is 18.2 Å². The fourth-order valence-corrected chi connectivity index (χ4v) is 2.69. The van der Waals surface area contributed by atoms with E-state index in [1.54, 1.807) is 0 Å². The lowest BCUT2D eigenvalue weighted by Crippen LogP contribution is -2.30. The van der Waals surface area contributed by atoms with Gasteiger partial charge in [0, 0.05) is 6.54 Å². The molecule has 0 atom stereocenters. The first kappa shape index (κ1) is 17.1. The summed E-state index contributed by atoms with van der Waals surface area (Å²) < 4.78 is 16.2. The number of anilines is 1. The van der Waals surface area contributed by atoms with Crippen LogP contribution in [-0.2, 0) is 11.3 Å². The highest BCUT2D eigenvalue weighted by Crippen LogP contribution is 2.32. The minimum absolute atomic E-state index is 0.0876. The second-order valence-electron chi connectivity index (χ2n) is 5.84. The van der Waals surface area contributed by atoms with Crippen LogP contribution in [0, 0.1) is 0 Å². The lowest BCUT2D eigenvalue weighted by Gasteiger charge is -2.17. The number of benzene rings is 2. The zero-order chi connectivity index (χ0) is 17.6. The largest absolute Gasteiger partial charge is 0.492 e. The van der Waals surface area contributed by atoms with Crippen LogP contribution in [0.2, 0.25) is 0 Å². The normalized spacial score (nSPS) is 12.3. The monoisotopic (exact) mass is 342 g/mol. The molecule has 1 N–H and O–H groups in total. The van der Waals surface area contributed by atoms with Gasteiger partial charge in [0.2, 0.25) is 12.7 Å². The molecule has 1 amide bonds. The van der Waals surface area contributed by atoms with Gasteiger partial charge in [-0.15, -0.1) is 0 Å². The second-order valence-corrected chi connectivity index (χ2v) is 5.84. The van der Waals surface area contributed by atoms with Gasteiger partial charge in [-0.2, -0.15) is 0 Å². The summed E-state index contributed by atoms with van der Waals surface area (Å²) in [5.41, 5.74) is 1.75. The van der Waals surface area contributed by atoms with E-state index in [1.165, 1.54) is 0 Å². The van der Waals surface area contributed by atoms with Gasteiger partial charge in [0.05, 0.1) is 18.8 Å². The van der Waals surface area contributed by atoms with Gasteiger partial charge in [0.25, 0.3) is 0 Å². The summed E-state index contributed by atoms with van der Waals surface area (Å²) in [5, 5.41) is 2.90. The Morgan fingerprint density at radius 2 is 2.00 bits per heavy atom. The average Bonchev–Trinajstić information content (AvgIpc) is 3.04. The van der Waals surface area contributed by atoms with Crippen molar-refractivity contribution in [1.29, 1.82) is 0 Å². The first-order valence-corrected chi connectivity index (χ1v) is 8.24. The number of para-hydroxylation sites is 2. The highest BCUT2D eigenvalue weighted by Gasteiger charge is 2.15. The molecule has 1 heterocycles. The summed E-state index contributed by atoms with van der Waals surface area (Å²) in [6, 6.07) is 13.2. The minimum Gasteiger partial charge on any atom is -0.492 e. The van der Waals surface area contributed by atoms with E-state index in [0.29, 0.717) is 24.6 Å². The number of ether oxygens (including phenoxy) is 3. The molecule has 3 rings (SSSR count). The van der Waals surface area contributed by atoms with Crippen LogP contribution < -0.4 is 19.5 Å². The molecular weight excluding hydrogens is 320 g/mol. The highest BCUT2D eigenvalue weighted by atomic mass is 16.7. The Balaban J connectivity index is 1.56. The Kier molecular flexibility index (Phi) is 5.40. The quantitative estimate of drug-likeness (QED) is 0.838. The molecule has 0 aromatic heterocycles. The van der Waals surface area contributed by atoms with Crippen molar-refractivity contribution in [1.82, 2.24) is 4.90 Å². The van der Waals surface area contributed by atoms with Crippen LogP contribution in [0.4, 0.5) is 5.69 Å². The number of fused-ring (bicyclic) bond motifs is 1. The number of carbonyl (C=O) groups excluding carboxylic acids is 1. The third-order valence-electron chi connectivity index (χ3n) is 3.76. The molecule has 132 valence electrons. The Labute approximate surface area is 147 Å². The maximum absolute atomic E-state index is 12.3. The predicted octanol–water partition coefficient (Wildman–Crippen LogP) is 2.88. The van der Waals surface area contributed by atoms with Gasteiger partial charge in [0.1, 0.15) is 5.75 Å². The number of hydrogen-bond donors (Lipinski definition) is 1. The van der Waals surface area contributed by atoms with Crippen LogP contribution in [0.15, 0.2) is 42.5 Å². The Morgan fingerprint density at radius 1 is 1.20 bits per heavy atom. The molecular formula is C19H22N2O4. The van der Waals surface area contributed by atoms with Gasteiger partial charge in [0.15, 0.2) is 11.5 Å². The number of rotatable bonds is 7. The minimum atomic E-state index is -0.0876. The number of hydrogen-bond acceptors (Lipinski definition) is 5. The van der Waals surface area contributed by atoms with E-state index >= 15 is 0 Å². The second kappa shape index (κ2) is 7.90. The molecule has 0 saturated carbocycles. The first-order valence-electron chi connectivity index (χ1n) is 8.24. The van der Waals surface area contributed by atoms with Crippen LogP contribution in [-0.4, -0.2) is 37.8 Å². The molecule has 0 spiro atoms. The van der Waals surface area contributed by atoms with Crippen LogP contribution in [0.1, 0.15) is 12.5 Å². The fourth-order valence-electron chi connectivity index (χ4n) is 2.69. The first-order chi connectivity index (χ1) is 12.2. The summed E-state index contributed by atoms with van der Waals surface area (Å²) in [4.78, 5) is 14.2. The number of nitrogens with one attached hydrogen (secondary N) is 1. The van der Waals surface area contributed by atoms with Gasteiger partial charge >= 0.3 is 0 Å². The summed E-state index contributed by atoms with van der Waals surface area (Å²) in [6.07, 6.45) is 0. The topological polar surface area (TPSA) is 60.0 Å². The Morgan fingerprint density at radius 3 is 2.84 bits per heavy atom. The maximum atomic E-state index is 12.3. The number of likely N-dealkylation sites (N-methyl/N-ethyl adjacent to an activating group) is 1. The Bertz CT molecular complexity index is 748. The average molecular weight is 342 g/mol. The van der Waals surface area contributed by atoms with Crippen LogP contribution >= 0.6 is 0 Å². The van der Waals surface area contributed by atoms with E-state index in [9.17, 15) is 4.79 Å². The Hall–Kier alpha value is -2.73. The summed E-state index contributed by atoms with van der Waals surface area (Å²) >= 11 is 0. The van der Waals surface area contributed by atoms with Crippen molar-refractivity contribution in [2.45, 2.75) is 13.5 Å². The molecule has 25 heavy (non-hydrogen) atoms. The number of nitrogens with zero attached hydrogens (tertiary/aromatic N) is 1. The van der Waals surface area contributed by atoms with Gasteiger partial charge in [-0.25, -0.2) is 0 Å². The van der Waals surface area contributed by atoms with E-state index in [2.05, 4.69) is 5.32 Å². The van der Waals surface area contributed by atoms with E-state index < -0.39 is 0 Å². The maximum Gasteiger partial charge on any atom is 0.238 e. The van der Waals surface area contributed by atoms with Gasteiger partial charge in [-0.05, 0) is 43.8 Å². The van der Waals surface area contributed by atoms with Gasteiger partial charge in [-0.3, -0.25) is 9.69 Å². The van der Waals surface area contributed by atoms with Gasteiger partial charge < -0.3 is 19.5 Å². The molecule has 0 unspecified atom stereocenters. The van der Waals surface area contributed by atoms with Crippen molar-refractivity contribution in [2.75, 3.05) is 32.3 Å². The van der Waals surface area contributed by atoms with Crippen LogP contribution in [0.5, 0.6) is 17.2 Å². The molecule has 1 aliphatic heterocycles. The van der Waals surface area contributed by atoms with Crippen LogP contribution in [0.3, 0.4) is 0 Å². The third kappa shape index (κ3) is 4.42. The highest BCUT2D eigenvalue weighted by molar-refractivity contribution is 5.93. The summed E-state index contributed by atoms with van der Waals surface area (Å²) in [6.45, 7) is 3.64. The third-order valence-corrected chi connectivity index (χ3v) is 3.76. The molecule has 0 saturated heterocycles. The van der Waals surface area contributed by atoms with Crippen molar-refractivity contribution in [3.8, 4) is 17.2 Å². The number of carbonyl (C=O) groups is 1. The van der Waals surface area contributed by atoms with E-state index in [4.69, 9.17) is 14.2 Å². The standard InChI is InChI=1S/C19H22N2O4/c1-3-23-16-7-5-4-6-15(16)20-19(22)12-21(2)11-14-8-9-17-18(10-14)25-13-24-17/h4-10H,3,11-13H2,1-2H3,(H,20,22). The van der Waals surface area contributed by atoms with Crippen molar-refractivity contribution >= 4 is 11.6 Å². The molecule has 0 radical (unpaired) electrons. The zero-order valence-electron chi connectivity index (χ0n) is 14.5. The van der Waals surface area contributed by atoms with Crippen molar-refractivity contribution in [3.05, 3.63) is 48.0 Å². The number of amides is 1. The smallest absolute Gasteiger partial charge is 0.238 e. The van der Waals surface area contributed by atoms with Crippen LogP contribution in [0.25, 0.3) is 0 Å². The molecule has 0 bridgehead atoms. The molecule has 0 fully saturated rings. The molecule has 1 aliphatic rings. The molecule has 6 nitrogen and oxygen atoms in total. The SMILES string of the molecule is CCOc1ccccc1NC(=O)CN(C)Cc1ccc2c(c1)OCO2. The van der Waals surface area contributed by atoms with Crippen molar-refractivity contribution in [3.63, 3.8) is 0 Å². The molecule has 0 aliphatic carbocycles. The lowest BCUT2D eigenvalue weighted by molar-refractivity contribution is -0.117. The molecule has 2 aromatic carbocycles. The fraction of sp³-hybridized carbons (Fsp3) is 0.316. The van der Waals surface area contributed by atoms with E-state index in [1.807, 2.05) is 61.3 Å². The summed E-state index contributed by atoms with van der Waals surface area (Å²) in [5.74, 6) is 2.10. The predicted molar refractivity (Wildman–Crippen MR) is 95.1 cm³/mol. The van der Waals surface area contributed by atoms with E-state index in [-0.39, 0.29) is 19.2 Å².